The second-order valence-electron chi connectivity index (χ2n) is 7.64. The number of aromatic nitrogens is 1. The molecule has 2 aromatic rings. The number of hydrogen-bond acceptors (Lipinski definition) is 5. The molecule has 156 valence electrons. The van der Waals surface area contributed by atoms with Crippen LogP contribution >= 0.6 is 11.5 Å². The molecule has 0 bridgehead atoms. The molecule has 3 rings (SSSR count). The predicted octanol–water partition coefficient (Wildman–Crippen LogP) is 5.28. The molecule has 2 heterocycles. The number of allylic oxidation sites excluding steroid dienone is 2. The first-order valence-electron chi connectivity index (χ1n) is 10.2. The summed E-state index contributed by atoms with van der Waals surface area (Å²) in [5, 5.41) is 3.78. The molecule has 1 N–H and O–H groups in total. The second kappa shape index (κ2) is 9.65. The quantitative estimate of drug-likeness (QED) is 0.472. The van der Waals surface area contributed by atoms with E-state index in [2.05, 4.69) is 21.8 Å². The maximum absolute atomic E-state index is 12.4. The molecule has 0 spiro atoms. The zero-order chi connectivity index (χ0) is 20.9. The molecule has 6 heteroatoms. The van der Waals surface area contributed by atoms with Crippen molar-refractivity contribution in [2.45, 2.75) is 65.3 Å². The smallest absolute Gasteiger partial charge is 0.229 e. The number of carbonyl (C=O) groups excluding carboxylic acids is 1. The van der Waals surface area contributed by atoms with E-state index in [9.17, 15) is 4.79 Å². The van der Waals surface area contributed by atoms with Crippen LogP contribution in [0.15, 0.2) is 36.4 Å². The number of amides is 1. The van der Waals surface area contributed by atoms with Gasteiger partial charge in [0.1, 0.15) is 5.00 Å². The lowest BCUT2D eigenvalue weighted by Gasteiger charge is -2.24. The number of rotatable bonds is 8. The van der Waals surface area contributed by atoms with Gasteiger partial charge >= 0.3 is 0 Å². The van der Waals surface area contributed by atoms with Crippen molar-refractivity contribution in [1.29, 1.82) is 0 Å². The summed E-state index contributed by atoms with van der Waals surface area (Å²) in [6, 6.07) is 7.92. The van der Waals surface area contributed by atoms with Crippen LogP contribution in [0.25, 0.3) is 0 Å². The van der Waals surface area contributed by atoms with Crippen molar-refractivity contribution in [2.24, 2.45) is 0 Å². The second-order valence-corrected chi connectivity index (χ2v) is 8.41. The van der Waals surface area contributed by atoms with Crippen LogP contribution < -0.4 is 5.32 Å². The van der Waals surface area contributed by atoms with Crippen LogP contribution in [-0.4, -0.2) is 23.0 Å². The van der Waals surface area contributed by atoms with E-state index in [1.165, 1.54) is 11.5 Å². The fourth-order valence-corrected chi connectivity index (χ4v) is 4.18. The SMILES string of the molecule is C/C=C/CCCC1COC(C)(c2ccc(CC(=O)Nc3snc(C)c3C)cc2)O1. The third-order valence-corrected chi connectivity index (χ3v) is 6.28. The van der Waals surface area contributed by atoms with Gasteiger partial charge in [0.15, 0.2) is 5.79 Å². The average molecular weight is 415 g/mol. The minimum absolute atomic E-state index is 0.0368. The van der Waals surface area contributed by atoms with Crippen molar-refractivity contribution in [3.05, 3.63) is 58.8 Å². The molecule has 29 heavy (non-hydrogen) atoms. The molecule has 1 amide bonds. The fraction of sp³-hybridized carbons (Fsp3) is 0.478. The lowest BCUT2D eigenvalue weighted by atomic mass is 10.0. The number of carbonyl (C=O) groups is 1. The predicted molar refractivity (Wildman–Crippen MR) is 117 cm³/mol. The number of benzene rings is 1. The zero-order valence-corrected chi connectivity index (χ0v) is 18.5. The summed E-state index contributed by atoms with van der Waals surface area (Å²) >= 11 is 1.32. The first kappa shape index (κ1) is 21.7. The summed E-state index contributed by atoms with van der Waals surface area (Å²) in [5.41, 5.74) is 3.92. The number of anilines is 1. The Balaban J connectivity index is 1.54. The van der Waals surface area contributed by atoms with E-state index in [0.717, 1.165) is 46.6 Å². The molecular weight excluding hydrogens is 384 g/mol. The summed E-state index contributed by atoms with van der Waals surface area (Å²) in [7, 11) is 0. The van der Waals surface area contributed by atoms with Crippen LogP contribution in [0.4, 0.5) is 5.00 Å². The molecule has 1 aromatic carbocycles. The van der Waals surface area contributed by atoms with Gasteiger partial charge in [0.05, 0.1) is 24.8 Å². The molecule has 1 aromatic heterocycles. The zero-order valence-electron chi connectivity index (χ0n) is 17.7. The molecule has 1 aliphatic heterocycles. The Kier molecular flexibility index (Phi) is 7.22. The van der Waals surface area contributed by atoms with E-state index in [0.29, 0.717) is 13.0 Å². The van der Waals surface area contributed by atoms with Crippen molar-refractivity contribution in [1.82, 2.24) is 4.37 Å². The van der Waals surface area contributed by atoms with Crippen molar-refractivity contribution in [3.8, 4) is 0 Å². The van der Waals surface area contributed by atoms with Crippen molar-refractivity contribution in [2.75, 3.05) is 11.9 Å². The van der Waals surface area contributed by atoms with E-state index in [-0.39, 0.29) is 12.0 Å². The topological polar surface area (TPSA) is 60.5 Å². The molecular formula is C23H30N2O3S. The average Bonchev–Trinajstić information content (AvgIpc) is 3.24. The lowest BCUT2D eigenvalue weighted by Crippen LogP contribution is -2.24. The van der Waals surface area contributed by atoms with Gasteiger partial charge in [-0.25, -0.2) is 0 Å². The highest BCUT2D eigenvalue weighted by atomic mass is 32.1. The van der Waals surface area contributed by atoms with E-state index in [1.54, 1.807) is 0 Å². The lowest BCUT2D eigenvalue weighted by molar-refractivity contribution is -0.162. The highest BCUT2D eigenvalue weighted by molar-refractivity contribution is 7.10. The highest BCUT2D eigenvalue weighted by Crippen LogP contribution is 2.35. The van der Waals surface area contributed by atoms with E-state index >= 15 is 0 Å². The molecule has 1 fully saturated rings. The van der Waals surface area contributed by atoms with E-state index in [4.69, 9.17) is 9.47 Å². The van der Waals surface area contributed by atoms with Crippen LogP contribution in [0, 0.1) is 13.8 Å². The summed E-state index contributed by atoms with van der Waals surface area (Å²) in [6.45, 7) is 8.54. The summed E-state index contributed by atoms with van der Waals surface area (Å²) in [4.78, 5) is 12.4. The Morgan fingerprint density at radius 2 is 2.10 bits per heavy atom. The highest BCUT2D eigenvalue weighted by Gasteiger charge is 2.38. The Morgan fingerprint density at radius 3 is 2.76 bits per heavy atom. The standard InChI is InChI=1S/C23H30N2O3S/c1-5-6-7-8-9-20-15-27-23(4,28-20)19-12-10-18(11-13-19)14-21(26)24-22-16(2)17(3)25-29-22/h5-6,10-13,20H,7-9,14-15H2,1-4H3,(H,24,26)/b6-5+. The van der Waals surface area contributed by atoms with Crippen LogP contribution in [0.3, 0.4) is 0 Å². The molecule has 1 aliphatic rings. The van der Waals surface area contributed by atoms with Gasteiger partial charge < -0.3 is 14.8 Å². The summed E-state index contributed by atoms with van der Waals surface area (Å²) in [5.74, 6) is -0.756. The maximum Gasteiger partial charge on any atom is 0.229 e. The third-order valence-electron chi connectivity index (χ3n) is 5.32. The molecule has 0 radical (unpaired) electrons. The number of hydrogen-bond donors (Lipinski definition) is 1. The minimum atomic E-state index is -0.719. The number of nitrogens with zero attached hydrogens (tertiary/aromatic N) is 1. The Morgan fingerprint density at radius 1 is 1.34 bits per heavy atom. The molecule has 0 aliphatic carbocycles. The number of nitrogens with one attached hydrogen (secondary N) is 1. The normalized spacial score (nSPS) is 21.7. The number of unbranched alkanes of at least 4 members (excludes halogenated alkanes) is 1. The maximum atomic E-state index is 12.4. The third kappa shape index (κ3) is 5.53. The van der Waals surface area contributed by atoms with Gasteiger partial charge in [0, 0.05) is 11.1 Å². The van der Waals surface area contributed by atoms with Gasteiger partial charge in [-0.2, -0.15) is 4.37 Å². The minimum Gasteiger partial charge on any atom is -0.343 e. The van der Waals surface area contributed by atoms with Crippen LogP contribution in [0.5, 0.6) is 0 Å². The Bertz CT molecular complexity index is 860. The van der Waals surface area contributed by atoms with Gasteiger partial charge in [-0.1, -0.05) is 36.4 Å². The molecule has 1 saturated heterocycles. The number of ether oxygens (including phenoxy) is 2. The van der Waals surface area contributed by atoms with Crippen LogP contribution in [-0.2, 0) is 26.5 Å². The monoisotopic (exact) mass is 414 g/mol. The van der Waals surface area contributed by atoms with Gasteiger partial charge in [-0.3, -0.25) is 4.79 Å². The summed E-state index contributed by atoms with van der Waals surface area (Å²) < 4.78 is 16.5. The first-order valence-corrected chi connectivity index (χ1v) is 10.9. The fourth-order valence-electron chi connectivity index (χ4n) is 3.38. The molecule has 5 nitrogen and oxygen atoms in total. The van der Waals surface area contributed by atoms with E-state index < -0.39 is 5.79 Å². The summed E-state index contributed by atoms with van der Waals surface area (Å²) in [6.07, 6.45) is 7.88. The van der Waals surface area contributed by atoms with E-state index in [1.807, 2.05) is 52.0 Å². The van der Waals surface area contributed by atoms with Crippen LogP contribution in [0.2, 0.25) is 0 Å². The van der Waals surface area contributed by atoms with Crippen molar-refractivity contribution >= 4 is 22.4 Å². The Labute approximate surface area is 177 Å². The van der Waals surface area contributed by atoms with Gasteiger partial charge in [0.25, 0.3) is 0 Å². The Hall–Kier alpha value is -2.02. The van der Waals surface area contributed by atoms with Crippen molar-refractivity contribution in [3.63, 3.8) is 0 Å². The largest absolute Gasteiger partial charge is 0.343 e. The molecule has 2 atom stereocenters. The molecule has 2 unspecified atom stereocenters. The van der Waals surface area contributed by atoms with Gasteiger partial charge in [-0.15, -0.1) is 0 Å². The van der Waals surface area contributed by atoms with Gasteiger partial charge in [-0.05, 0) is 64.1 Å². The van der Waals surface area contributed by atoms with Crippen molar-refractivity contribution < 1.29 is 14.3 Å². The van der Waals surface area contributed by atoms with Gasteiger partial charge in [0.2, 0.25) is 5.91 Å². The first-order chi connectivity index (χ1) is 13.9. The number of aryl methyl sites for hydroxylation is 1. The molecule has 0 saturated carbocycles. The van der Waals surface area contributed by atoms with Crippen LogP contribution in [0.1, 0.15) is 55.5 Å².